The normalized spacial score (nSPS) is 10.4. The van der Waals surface area contributed by atoms with Gasteiger partial charge in [0, 0.05) is 7.05 Å². The highest BCUT2D eigenvalue weighted by Gasteiger charge is 2.10. The fraction of sp³-hybridized carbons (Fsp3) is 0.182. The van der Waals surface area contributed by atoms with Crippen molar-refractivity contribution >= 4 is 0 Å². The maximum Gasteiger partial charge on any atom is 0.217 e. The largest absolute Gasteiger partial charge is 0.493 e. The molecule has 0 bridgehead atoms. The highest BCUT2D eigenvalue weighted by atomic mass is 16.3. The monoisotopic (exact) mass is 188 g/mol. The number of hydrogen-bond acceptors (Lipinski definition) is 2. The molecule has 0 amide bonds. The van der Waals surface area contributed by atoms with E-state index in [2.05, 4.69) is 5.10 Å². The van der Waals surface area contributed by atoms with Crippen molar-refractivity contribution in [3.05, 3.63) is 36.0 Å². The molecule has 72 valence electrons. The summed E-state index contributed by atoms with van der Waals surface area (Å²) in [5.41, 5.74) is 2.94. The van der Waals surface area contributed by atoms with Crippen LogP contribution in [0.2, 0.25) is 0 Å². The van der Waals surface area contributed by atoms with Crippen LogP contribution in [0.1, 0.15) is 5.56 Å². The number of aromatic hydroxyl groups is 1. The lowest BCUT2D eigenvalue weighted by Crippen LogP contribution is -1.87. The molecular weight excluding hydrogens is 176 g/mol. The van der Waals surface area contributed by atoms with Crippen LogP contribution in [0.15, 0.2) is 30.5 Å². The summed E-state index contributed by atoms with van der Waals surface area (Å²) >= 11 is 0. The Morgan fingerprint density at radius 1 is 1.21 bits per heavy atom. The van der Waals surface area contributed by atoms with Gasteiger partial charge in [0.15, 0.2) is 0 Å². The fourth-order valence-electron chi connectivity index (χ4n) is 1.50. The van der Waals surface area contributed by atoms with Gasteiger partial charge in [0.05, 0.1) is 11.8 Å². The van der Waals surface area contributed by atoms with Gasteiger partial charge in [-0.05, 0) is 18.1 Å². The summed E-state index contributed by atoms with van der Waals surface area (Å²) in [6.45, 7) is 2.02. The van der Waals surface area contributed by atoms with E-state index < -0.39 is 0 Å². The molecule has 0 aliphatic carbocycles. The molecule has 3 nitrogen and oxygen atoms in total. The van der Waals surface area contributed by atoms with E-state index in [0.29, 0.717) is 0 Å². The SMILES string of the molecule is Cc1ccccc1-c1cnn(C)c1O. The maximum atomic E-state index is 9.72. The second kappa shape index (κ2) is 3.18. The molecule has 1 aromatic carbocycles. The second-order valence-corrected chi connectivity index (χ2v) is 3.32. The molecule has 14 heavy (non-hydrogen) atoms. The van der Waals surface area contributed by atoms with Gasteiger partial charge >= 0.3 is 0 Å². The highest BCUT2D eigenvalue weighted by molar-refractivity contribution is 5.70. The van der Waals surface area contributed by atoms with E-state index in [4.69, 9.17) is 0 Å². The molecule has 1 N–H and O–H groups in total. The molecular formula is C11H12N2O. The number of hydrogen-bond donors (Lipinski definition) is 1. The Bertz CT molecular complexity index is 460. The molecule has 0 spiro atoms. The minimum Gasteiger partial charge on any atom is -0.493 e. The minimum atomic E-state index is 0.208. The van der Waals surface area contributed by atoms with Gasteiger partial charge in [-0.2, -0.15) is 5.10 Å². The zero-order valence-electron chi connectivity index (χ0n) is 8.23. The van der Waals surface area contributed by atoms with Gasteiger partial charge < -0.3 is 5.11 Å². The summed E-state index contributed by atoms with van der Waals surface area (Å²) in [5, 5.41) is 13.7. The van der Waals surface area contributed by atoms with E-state index in [-0.39, 0.29) is 5.88 Å². The van der Waals surface area contributed by atoms with Crippen molar-refractivity contribution in [1.82, 2.24) is 9.78 Å². The van der Waals surface area contributed by atoms with Crippen molar-refractivity contribution in [3.8, 4) is 17.0 Å². The van der Waals surface area contributed by atoms with Crippen LogP contribution in [0.3, 0.4) is 0 Å². The first kappa shape index (κ1) is 8.81. The molecule has 1 heterocycles. The molecule has 2 rings (SSSR count). The molecule has 0 saturated heterocycles. The molecule has 0 aliphatic heterocycles. The Labute approximate surface area is 82.6 Å². The Balaban J connectivity index is 2.60. The van der Waals surface area contributed by atoms with Crippen molar-refractivity contribution in [2.24, 2.45) is 7.05 Å². The second-order valence-electron chi connectivity index (χ2n) is 3.32. The van der Waals surface area contributed by atoms with Crippen LogP contribution in [0, 0.1) is 6.92 Å². The zero-order valence-corrected chi connectivity index (χ0v) is 8.23. The third-order valence-electron chi connectivity index (χ3n) is 2.34. The minimum absolute atomic E-state index is 0.208. The molecule has 2 aromatic rings. The Kier molecular flexibility index (Phi) is 2.00. The fourth-order valence-corrected chi connectivity index (χ4v) is 1.50. The van der Waals surface area contributed by atoms with Crippen molar-refractivity contribution < 1.29 is 5.11 Å². The van der Waals surface area contributed by atoms with Gasteiger partial charge in [0.1, 0.15) is 0 Å². The van der Waals surface area contributed by atoms with Gasteiger partial charge in [-0.1, -0.05) is 24.3 Å². The average Bonchev–Trinajstić information content (AvgIpc) is 2.49. The predicted molar refractivity (Wildman–Crippen MR) is 55.0 cm³/mol. The molecule has 1 aromatic heterocycles. The van der Waals surface area contributed by atoms with E-state index in [1.54, 1.807) is 13.2 Å². The van der Waals surface area contributed by atoms with E-state index >= 15 is 0 Å². The predicted octanol–water partition coefficient (Wildman–Crippen LogP) is 2.10. The molecule has 0 unspecified atom stereocenters. The lowest BCUT2D eigenvalue weighted by Gasteiger charge is -2.02. The van der Waals surface area contributed by atoms with Gasteiger partial charge in [-0.25, -0.2) is 4.68 Å². The van der Waals surface area contributed by atoms with Crippen LogP contribution in [-0.4, -0.2) is 14.9 Å². The topological polar surface area (TPSA) is 38.0 Å². The lowest BCUT2D eigenvalue weighted by molar-refractivity contribution is 0.421. The Morgan fingerprint density at radius 3 is 2.50 bits per heavy atom. The van der Waals surface area contributed by atoms with Gasteiger partial charge in [0.25, 0.3) is 0 Å². The molecule has 0 atom stereocenters. The van der Waals surface area contributed by atoms with Crippen LogP contribution in [0.5, 0.6) is 5.88 Å². The van der Waals surface area contributed by atoms with Gasteiger partial charge in [-0.15, -0.1) is 0 Å². The Morgan fingerprint density at radius 2 is 1.93 bits per heavy atom. The van der Waals surface area contributed by atoms with Crippen molar-refractivity contribution in [3.63, 3.8) is 0 Å². The quantitative estimate of drug-likeness (QED) is 0.744. The van der Waals surface area contributed by atoms with Crippen molar-refractivity contribution in [2.75, 3.05) is 0 Å². The maximum absolute atomic E-state index is 9.72. The van der Waals surface area contributed by atoms with E-state index in [1.807, 2.05) is 31.2 Å². The first-order valence-corrected chi connectivity index (χ1v) is 4.47. The smallest absolute Gasteiger partial charge is 0.217 e. The van der Waals surface area contributed by atoms with Crippen molar-refractivity contribution in [1.29, 1.82) is 0 Å². The third-order valence-corrected chi connectivity index (χ3v) is 2.34. The number of benzene rings is 1. The summed E-state index contributed by atoms with van der Waals surface area (Å²) in [6, 6.07) is 7.93. The summed E-state index contributed by atoms with van der Waals surface area (Å²) in [4.78, 5) is 0. The highest BCUT2D eigenvalue weighted by Crippen LogP contribution is 2.30. The zero-order chi connectivity index (χ0) is 10.1. The summed E-state index contributed by atoms with van der Waals surface area (Å²) in [6.07, 6.45) is 1.68. The number of aromatic nitrogens is 2. The summed E-state index contributed by atoms with van der Waals surface area (Å²) < 4.78 is 1.46. The molecule has 0 radical (unpaired) electrons. The lowest BCUT2D eigenvalue weighted by atomic mass is 10.0. The van der Waals surface area contributed by atoms with Crippen LogP contribution >= 0.6 is 0 Å². The van der Waals surface area contributed by atoms with Crippen LogP contribution in [-0.2, 0) is 7.05 Å². The number of nitrogens with zero attached hydrogens (tertiary/aromatic N) is 2. The van der Waals surface area contributed by atoms with Crippen molar-refractivity contribution in [2.45, 2.75) is 6.92 Å². The van der Waals surface area contributed by atoms with Crippen LogP contribution in [0.4, 0.5) is 0 Å². The van der Waals surface area contributed by atoms with Crippen LogP contribution in [0.25, 0.3) is 11.1 Å². The third kappa shape index (κ3) is 1.27. The molecule has 0 saturated carbocycles. The summed E-state index contributed by atoms with van der Waals surface area (Å²) in [7, 11) is 1.72. The van der Waals surface area contributed by atoms with E-state index in [9.17, 15) is 5.11 Å². The molecule has 3 heteroatoms. The van der Waals surface area contributed by atoms with Gasteiger partial charge in [0.2, 0.25) is 5.88 Å². The first-order valence-electron chi connectivity index (χ1n) is 4.47. The average molecular weight is 188 g/mol. The van der Waals surface area contributed by atoms with E-state index in [1.165, 1.54) is 4.68 Å². The molecule has 0 aliphatic rings. The van der Waals surface area contributed by atoms with E-state index in [0.717, 1.165) is 16.7 Å². The number of rotatable bonds is 1. The standard InChI is InChI=1S/C11H12N2O/c1-8-5-3-4-6-9(8)10-7-12-13(2)11(10)14/h3-7,14H,1-2H3. The molecule has 0 fully saturated rings. The first-order chi connectivity index (χ1) is 6.70. The Hall–Kier alpha value is -1.77. The summed E-state index contributed by atoms with van der Waals surface area (Å²) in [5.74, 6) is 0.208. The number of aryl methyl sites for hydroxylation is 2. The van der Waals surface area contributed by atoms with Crippen LogP contribution < -0.4 is 0 Å². The van der Waals surface area contributed by atoms with Gasteiger partial charge in [-0.3, -0.25) is 0 Å².